The average Bonchev–Trinajstić information content (AvgIpc) is 3.00. The zero-order valence-electron chi connectivity index (χ0n) is 11.8. The molecule has 1 fully saturated rings. The first kappa shape index (κ1) is 14.1. The summed E-state index contributed by atoms with van der Waals surface area (Å²) in [5, 5.41) is 2.51. The minimum atomic E-state index is -0.510. The fourth-order valence-corrected chi connectivity index (χ4v) is 2.16. The maximum atomic E-state index is 12.9. The second-order valence-electron chi connectivity index (χ2n) is 4.95. The monoisotopic (exact) mass is 300 g/mol. The van der Waals surface area contributed by atoms with Gasteiger partial charge in [0.1, 0.15) is 23.0 Å². The van der Waals surface area contributed by atoms with E-state index in [-0.39, 0.29) is 18.1 Å². The van der Waals surface area contributed by atoms with E-state index in [0.717, 1.165) is 4.90 Å². The van der Waals surface area contributed by atoms with E-state index in [9.17, 15) is 14.0 Å². The normalized spacial score (nSPS) is 16.5. The summed E-state index contributed by atoms with van der Waals surface area (Å²) in [6.07, 6.45) is 1.48. The Balaban J connectivity index is 1.79. The summed E-state index contributed by atoms with van der Waals surface area (Å²) in [4.78, 5) is 25.2. The molecule has 0 radical (unpaired) electrons. The van der Waals surface area contributed by atoms with E-state index in [1.165, 1.54) is 30.3 Å². The number of hydrogen-bond donors (Lipinski definition) is 1. The van der Waals surface area contributed by atoms with Crippen molar-refractivity contribution in [1.82, 2.24) is 10.2 Å². The quantitative estimate of drug-likeness (QED) is 0.700. The smallest absolute Gasteiger partial charge is 0.329 e. The van der Waals surface area contributed by atoms with Crippen molar-refractivity contribution in [3.8, 4) is 0 Å². The molecule has 3 rings (SSSR count). The van der Waals surface area contributed by atoms with E-state index >= 15 is 0 Å². The first-order chi connectivity index (χ1) is 10.5. The zero-order valence-corrected chi connectivity index (χ0v) is 11.8. The first-order valence-electron chi connectivity index (χ1n) is 6.68. The van der Waals surface area contributed by atoms with E-state index in [1.54, 1.807) is 19.1 Å². The van der Waals surface area contributed by atoms with Crippen LogP contribution in [0.25, 0.3) is 6.08 Å². The van der Waals surface area contributed by atoms with Gasteiger partial charge < -0.3 is 9.73 Å². The van der Waals surface area contributed by atoms with Crippen LogP contribution >= 0.6 is 0 Å². The number of nitrogens with zero attached hydrogens (tertiary/aromatic N) is 1. The van der Waals surface area contributed by atoms with Gasteiger partial charge >= 0.3 is 6.03 Å². The molecule has 22 heavy (non-hydrogen) atoms. The number of hydrogen-bond acceptors (Lipinski definition) is 3. The largest absolute Gasteiger partial charge is 0.462 e. The van der Waals surface area contributed by atoms with Crippen LogP contribution < -0.4 is 5.32 Å². The Bertz CT molecular complexity index is 762. The van der Waals surface area contributed by atoms with Crippen LogP contribution in [0, 0.1) is 12.7 Å². The third kappa shape index (κ3) is 2.76. The van der Waals surface area contributed by atoms with E-state index in [1.807, 2.05) is 0 Å². The Morgan fingerprint density at radius 3 is 2.55 bits per heavy atom. The number of imide groups is 1. The topological polar surface area (TPSA) is 62.6 Å². The van der Waals surface area contributed by atoms with Crippen LogP contribution in [-0.4, -0.2) is 16.8 Å². The summed E-state index contributed by atoms with van der Waals surface area (Å²) in [7, 11) is 0. The highest BCUT2D eigenvalue weighted by Crippen LogP contribution is 2.18. The lowest BCUT2D eigenvalue weighted by Gasteiger charge is -2.11. The van der Waals surface area contributed by atoms with Gasteiger partial charge in [0, 0.05) is 6.08 Å². The molecule has 0 bridgehead atoms. The van der Waals surface area contributed by atoms with Crippen molar-refractivity contribution in [3.05, 3.63) is 65.0 Å². The predicted octanol–water partition coefficient (Wildman–Crippen LogP) is 2.82. The van der Waals surface area contributed by atoms with Crippen molar-refractivity contribution in [3.63, 3.8) is 0 Å². The molecule has 112 valence electrons. The fraction of sp³-hybridized carbons (Fsp3) is 0.125. The maximum absolute atomic E-state index is 12.9. The number of carbonyl (C=O) groups is 2. The highest BCUT2D eigenvalue weighted by Gasteiger charge is 2.33. The molecule has 1 aromatic heterocycles. The summed E-state index contributed by atoms with van der Waals surface area (Å²) in [6.45, 7) is 1.87. The molecule has 1 saturated heterocycles. The number of urea groups is 1. The number of rotatable bonds is 3. The summed E-state index contributed by atoms with van der Waals surface area (Å²) < 4.78 is 18.2. The molecule has 0 saturated carbocycles. The Morgan fingerprint density at radius 2 is 1.91 bits per heavy atom. The average molecular weight is 300 g/mol. The van der Waals surface area contributed by atoms with Crippen LogP contribution in [0.2, 0.25) is 0 Å². The van der Waals surface area contributed by atoms with Crippen molar-refractivity contribution in [2.75, 3.05) is 0 Å². The molecule has 1 aromatic carbocycles. The van der Waals surface area contributed by atoms with Gasteiger partial charge in [-0.3, -0.25) is 9.69 Å². The molecule has 2 heterocycles. The van der Waals surface area contributed by atoms with Gasteiger partial charge in [-0.05, 0) is 36.8 Å². The SMILES string of the molecule is Cc1ccc(/C=C2/NC(=O)N(Cc3ccc(F)cc3)C2=O)o1. The number of aryl methyl sites for hydroxylation is 1. The van der Waals surface area contributed by atoms with Crippen LogP contribution in [0.5, 0.6) is 0 Å². The van der Waals surface area contributed by atoms with Gasteiger partial charge in [0.2, 0.25) is 0 Å². The third-order valence-electron chi connectivity index (χ3n) is 3.26. The maximum Gasteiger partial charge on any atom is 0.329 e. The molecule has 0 spiro atoms. The van der Waals surface area contributed by atoms with E-state index in [4.69, 9.17) is 4.42 Å². The zero-order chi connectivity index (χ0) is 15.7. The second-order valence-corrected chi connectivity index (χ2v) is 4.95. The van der Waals surface area contributed by atoms with Crippen molar-refractivity contribution in [1.29, 1.82) is 0 Å². The van der Waals surface area contributed by atoms with Gasteiger partial charge in [-0.1, -0.05) is 12.1 Å². The Hall–Kier alpha value is -2.89. The van der Waals surface area contributed by atoms with Crippen LogP contribution in [0.15, 0.2) is 46.5 Å². The summed E-state index contributed by atoms with van der Waals surface area (Å²) in [5.74, 6) is 0.398. The Morgan fingerprint density at radius 1 is 1.18 bits per heavy atom. The van der Waals surface area contributed by atoms with Crippen molar-refractivity contribution >= 4 is 18.0 Å². The van der Waals surface area contributed by atoms with Gasteiger partial charge in [0.05, 0.1) is 6.54 Å². The van der Waals surface area contributed by atoms with Gasteiger partial charge in [0.25, 0.3) is 5.91 Å². The van der Waals surface area contributed by atoms with Crippen molar-refractivity contribution < 1.29 is 18.4 Å². The standard InChI is InChI=1S/C16H13FN2O3/c1-10-2-7-13(22-10)8-14-15(20)19(16(21)18-14)9-11-3-5-12(17)6-4-11/h2-8H,9H2,1H3,(H,18,21)/b14-8+. The number of amides is 3. The summed E-state index contributed by atoms with van der Waals surface area (Å²) in [6, 6.07) is 8.62. The molecule has 0 aliphatic carbocycles. The van der Waals surface area contributed by atoms with Gasteiger partial charge in [-0.15, -0.1) is 0 Å². The Kier molecular flexibility index (Phi) is 3.50. The van der Waals surface area contributed by atoms with Gasteiger partial charge in [0.15, 0.2) is 0 Å². The van der Waals surface area contributed by atoms with Crippen LogP contribution in [-0.2, 0) is 11.3 Å². The minimum Gasteiger partial charge on any atom is -0.462 e. The molecular formula is C16H13FN2O3. The van der Waals surface area contributed by atoms with E-state index in [0.29, 0.717) is 17.1 Å². The highest BCUT2D eigenvalue weighted by molar-refractivity contribution is 6.13. The molecule has 0 unspecified atom stereocenters. The second kappa shape index (κ2) is 5.48. The first-order valence-corrected chi connectivity index (χ1v) is 6.68. The number of halogens is 1. The molecular weight excluding hydrogens is 287 g/mol. The van der Waals surface area contributed by atoms with E-state index in [2.05, 4.69) is 5.32 Å². The lowest BCUT2D eigenvalue weighted by Crippen LogP contribution is -2.30. The number of benzene rings is 1. The molecule has 1 aliphatic heterocycles. The van der Waals surface area contributed by atoms with Gasteiger partial charge in [-0.25, -0.2) is 9.18 Å². The van der Waals surface area contributed by atoms with Gasteiger partial charge in [-0.2, -0.15) is 0 Å². The Labute approximate surface area is 126 Å². The number of carbonyl (C=O) groups excluding carboxylic acids is 2. The summed E-state index contributed by atoms with van der Waals surface area (Å²) >= 11 is 0. The fourth-order valence-electron chi connectivity index (χ4n) is 2.16. The molecule has 0 atom stereocenters. The number of nitrogens with one attached hydrogen (secondary N) is 1. The lowest BCUT2D eigenvalue weighted by atomic mass is 10.2. The van der Waals surface area contributed by atoms with Crippen molar-refractivity contribution in [2.45, 2.75) is 13.5 Å². The highest BCUT2D eigenvalue weighted by atomic mass is 19.1. The minimum absolute atomic E-state index is 0.0828. The molecule has 2 aromatic rings. The third-order valence-corrected chi connectivity index (χ3v) is 3.26. The predicted molar refractivity (Wildman–Crippen MR) is 76.9 cm³/mol. The molecule has 5 nitrogen and oxygen atoms in total. The molecule has 1 aliphatic rings. The van der Waals surface area contributed by atoms with Crippen LogP contribution in [0.4, 0.5) is 9.18 Å². The summed E-state index contributed by atoms with van der Waals surface area (Å²) in [5.41, 5.74) is 0.821. The molecule has 6 heteroatoms. The van der Waals surface area contributed by atoms with E-state index < -0.39 is 11.9 Å². The molecule has 3 amide bonds. The molecule has 1 N–H and O–H groups in total. The van der Waals surface area contributed by atoms with Crippen molar-refractivity contribution in [2.24, 2.45) is 0 Å². The lowest BCUT2D eigenvalue weighted by molar-refractivity contribution is -0.123. The van der Waals surface area contributed by atoms with Crippen LogP contribution in [0.3, 0.4) is 0 Å². The van der Waals surface area contributed by atoms with Crippen LogP contribution in [0.1, 0.15) is 17.1 Å². The number of furan rings is 1.